The lowest BCUT2D eigenvalue weighted by molar-refractivity contribution is 0.0501. The van der Waals surface area contributed by atoms with Gasteiger partial charge in [-0.1, -0.05) is 174 Å². The summed E-state index contributed by atoms with van der Waals surface area (Å²) in [7, 11) is 0. The number of amides is 4. The first-order valence-electron chi connectivity index (χ1n) is 26.6. The van der Waals surface area contributed by atoms with E-state index < -0.39 is 0 Å². The molecule has 4 amide bonds. The van der Waals surface area contributed by atoms with Crippen LogP contribution < -0.4 is 4.74 Å². The lowest BCUT2D eigenvalue weighted by Crippen LogP contribution is -2.47. The molecule has 0 atom stereocenters. The Hall–Kier alpha value is -4.56. The second-order valence-corrected chi connectivity index (χ2v) is 19.6. The predicted octanol–water partition coefficient (Wildman–Crippen LogP) is 15.3. The van der Waals surface area contributed by atoms with E-state index >= 15 is 4.79 Å². The van der Waals surface area contributed by atoms with Gasteiger partial charge < -0.3 is 9.84 Å². The molecule has 0 aliphatic carbocycles. The van der Waals surface area contributed by atoms with Gasteiger partial charge in [0, 0.05) is 56.9 Å². The molecule has 0 spiro atoms. The van der Waals surface area contributed by atoms with Gasteiger partial charge in [0.05, 0.1) is 12.2 Å². The van der Waals surface area contributed by atoms with Crippen molar-refractivity contribution in [1.29, 1.82) is 0 Å². The van der Waals surface area contributed by atoms with Crippen LogP contribution in [0.1, 0.15) is 236 Å². The number of aliphatic hydroxyl groups is 1. The highest BCUT2D eigenvalue weighted by atomic mass is 16.5. The third kappa shape index (κ3) is 10.3. The zero-order valence-corrected chi connectivity index (χ0v) is 40.9. The summed E-state index contributed by atoms with van der Waals surface area (Å²) in [5.41, 5.74) is 2.17. The lowest BCUT2D eigenvalue weighted by Gasteiger charge is -2.36. The molecule has 0 unspecified atom stereocenters. The van der Waals surface area contributed by atoms with E-state index in [9.17, 15) is 19.5 Å². The molecular formula is C58H78N2O6. The first kappa shape index (κ1) is 49.3. The number of nitrogens with zero attached hydrogens (tertiary/aromatic N) is 2. The van der Waals surface area contributed by atoms with Gasteiger partial charge in [-0.3, -0.25) is 29.0 Å². The number of ether oxygens (including phenoxy) is 1. The Morgan fingerprint density at radius 3 is 1.24 bits per heavy atom. The maximum absolute atomic E-state index is 15.1. The third-order valence-electron chi connectivity index (χ3n) is 14.9. The number of aliphatic hydroxyl groups excluding tert-OH is 1. The molecule has 0 fully saturated rings. The average Bonchev–Trinajstić information content (AvgIpc) is 3.32. The molecule has 2 heterocycles. The van der Waals surface area contributed by atoms with Gasteiger partial charge in [0.2, 0.25) is 0 Å². The predicted molar refractivity (Wildman–Crippen MR) is 272 cm³/mol. The zero-order chi connectivity index (χ0) is 46.6. The minimum absolute atomic E-state index is 0.150. The Kier molecular flexibility index (Phi) is 17.9. The second-order valence-electron chi connectivity index (χ2n) is 19.6. The van der Waals surface area contributed by atoms with Crippen molar-refractivity contribution in [3.05, 3.63) is 64.7 Å². The van der Waals surface area contributed by atoms with E-state index in [0.29, 0.717) is 45.4 Å². The minimum atomic E-state index is -0.243. The standard InChI is InChI=1S/C58H78N2O6/c1-5-9-13-21-27-40(28-22-14-10-6-2)59-55(62)45-34-31-42-43-32-35-47-52-48(58(65)60(57(47)64)41(29-23-15-11-7-3)30-24-16-12-8-4)39-49(66-38-26-20-18-17-19-25-37-61)53(54(43)52)44-33-36-46(56(59)63)51(45)50(42)44/h31-36,39-41,61H,5-30,37-38H2,1-4H3. The highest BCUT2D eigenvalue weighted by Gasteiger charge is 2.41. The van der Waals surface area contributed by atoms with Gasteiger partial charge in [-0.25, -0.2) is 0 Å². The van der Waals surface area contributed by atoms with E-state index in [0.717, 1.165) is 199 Å². The molecule has 0 bridgehead atoms. The van der Waals surface area contributed by atoms with E-state index in [1.54, 1.807) is 9.80 Å². The molecule has 1 N–H and O–H groups in total. The lowest BCUT2D eigenvalue weighted by atomic mass is 9.81. The van der Waals surface area contributed by atoms with Crippen molar-refractivity contribution in [2.24, 2.45) is 0 Å². The minimum Gasteiger partial charge on any atom is -0.493 e. The molecule has 0 radical (unpaired) electrons. The van der Waals surface area contributed by atoms with E-state index in [4.69, 9.17) is 4.74 Å². The fourth-order valence-corrected chi connectivity index (χ4v) is 11.3. The van der Waals surface area contributed by atoms with Crippen LogP contribution >= 0.6 is 0 Å². The van der Waals surface area contributed by atoms with E-state index in [1.807, 2.05) is 42.5 Å². The number of fused-ring (bicyclic) bond motifs is 2. The summed E-state index contributed by atoms with van der Waals surface area (Å²) in [6, 6.07) is 13.4. The summed E-state index contributed by atoms with van der Waals surface area (Å²) < 4.78 is 6.82. The van der Waals surface area contributed by atoms with Crippen molar-refractivity contribution in [2.45, 2.75) is 207 Å². The Morgan fingerprint density at radius 2 is 0.788 bits per heavy atom. The van der Waals surface area contributed by atoms with Gasteiger partial charge >= 0.3 is 0 Å². The van der Waals surface area contributed by atoms with Gasteiger partial charge in [-0.2, -0.15) is 0 Å². The summed E-state index contributed by atoms with van der Waals surface area (Å²) >= 11 is 0. The van der Waals surface area contributed by atoms with Crippen LogP contribution in [-0.4, -0.2) is 63.8 Å². The number of benzene rings is 5. The second kappa shape index (κ2) is 23.9. The van der Waals surface area contributed by atoms with Crippen molar-refractivity contribution >= 4 is 66.7 Å². The van der Waals surface area contributed by atoms with Crippen LogP contribution in [0, 0.1) is 0 Å². The Morgan fingerprint density at radius 1 is 0.409 bits per heavy atom. The van der Waals surface area contributed by atoms with Gasteiger partial charge in [0.1, 0.15) is 5.75 Å². The number of hydrogen-bond donors (Lipinski definition) is 1. The fourth-order valence-electron chi connectivity index (χ4n) is 11.3. The fraction of sp³-hybridized carbons (Fsp3) is 0.586. The van der Waals surface area contributed by atoms with Crippen molar-refractivity contribution in [3.63, 3.8) is 0 Å². The third-order valence-corrected chi connectivity index (χ3v) is 14.9. The maximum atomic E-state index is 15.1. The summed E-state index contributed by atoms with van der Waals surface area (Å²) in [5, 5.41) is 15.8. The number of carbonyl (C=O) groups excluding carboxylic acids is 4. The molecule has 5 aromatic carbocycles. The van der Waals surface area contributed by atoms with Crippen molar-refractivity contribution in [2.75, 3.05) is 13.2 Å². The first-order valence-corrected chi connectivity index (χ1v) is 26.6. The van der Waals surface area contributed by atoms with Crippen LogP contribution in [0.2, 0.25) is 0 Å². The molecule has 0 saturated carbocycles. The molecule has 7 rings (SSSR count). The number of hydrogen-bond acceptors (Lipinski definition) is 6. The van der Waals surface area contributed by atoms with E-state index in [2.05, 4.69) is 27.7 Å². The number of rotatable bonds is 31. The van der Waals surface area contributed by atoms with E-state index in [1.165, 1.54) is 0 Å². The van der Waals surface area contributed by atoms with Crippen LogP contribution in [0.25, 0.3) is 43.1 Å². The topological polar surface area (TPSA) is 104 Å². The highest BCUT2D eigenvalue weighted by Crippen LogP contribution is 2.50. The summed E-state index contributed by atoms with van der Waals surface area (Å²) in [4.78, 5) is 62.8. The van der Waals surface area contributed by atoms with Crippen LogP contribution in [0.4, 0.5) is 0 Å². The molecule has 5 aromatic rings. The van der Waals surface area contributed by atoms with Gasteiger partial charge in [0.25, 0.3) is 23.6 Å². The van der Waals surface area contributed by atoms with Gasteiger partial charge in [-0.05, 0) is 84.3 Å². The Bertz CT molecular complexity index is 2410. The SMILES string of the molecule is CCCCCCC(CCCCCC)N1C(=O)c2ccc3c4ccc5c6c(cc(OCCCCCCCCO)c(c7ccc(c2c37)C1=O)c64)C(=O)N(C(CCCCCC)CCCCCC)C5=O. The smallest absolute Gasteiger partial charge is 0.261 e. The molecule has 2 aliphatic heterocycles. The van der Waals surface area contributed by atoms with Crippen LogP contribution in [0.3, 0.4) is 0 Å². The highest BCUT2D eigenvalue weighted by molar-refractivity contribution is 6.42. The monoisotopic (exact) mass is 899 g/mol. The number of carbonyl (C=O) groups is 4. The summed E-state index contributed by atoms with van der Waals surface area (Å²) in [6.07, 6.45) is 26.3. The largest absolute Gasteiger partial charge is 0.493 e. The average molecular weight is 899 g/mol. The number of unbranched alkanes of at least 4 members (excludes halogenated alkanes) is 17. The van der Waals surface area contributed by atoms with Crippen molar-refractivity contribution < 1.29 is 29.0 Å². The molecule has 0 aromatic heterocycles. The van der Waals surface area contributed by atoms with Crippen LogP contribution in [0.15, 0.2) is 42.5 Å². The first-order chi connectivity index (χ1) is 32.3. The molecule has 8 heteroatoms. The maximum Gasteiger partial charge on any atom is 0.261 e. The molecule has 0 saturated heterocycles. The van der Waals surface area contributed by atoms with Crippen LogP contribution in [0.5, 0.6) is 5.75 Å². The van der Waals surface area contributed by atoms with Gasteiger partial charge in [-0.15, -0.1) is 0 Å². The summed E-state index contributed by atoms with van der Waals surface area (Å²) in [5.74, 6) is -0.293. The molecule has 2 aliphatic rings. The molecular weight excluding hydrogens is 821 g/mol. The van der Waals surface area contributed by atoms with E-state index in [-0.39, 0.29) is 42.3 Å². The zero-order valence-electron chi connectivity index (χ0n) is 40.9. The van der Waals surface area contributed by atoms with Crippen LogP contribution in [-0.2, 0) is 0 Å². The molecule has 8 nitrogen and oxygen atoms in total. The number of imide groups is 2. The Balaban J connectivity index is 1.35. The van der Waals surface area contributed by atoms with Crippen molar-refractivity contribution in [1.82, 2.24) is 9.80 Å². The quantitative estimate of drug-likeness (QED) is 0.0206. The van der Waals surface area contributed by atoms with Crippen molar-refractivity contribution in [3.8, 4) is 5.75 Å². The normalized spacial score (nSPS) is 14.0. The molecule has 66 heavy (non-hydrogen) atoms. The summed E-state index contributed by atoms with van der Waals surface area (Å²) in [6.45, 7) is 9.49. The molecule has 356 valence electrons. The Labute approximate surface area is 394 Å². The van der Waals surface area contributed by atoms with Gasteiger partial charge in [0.15, 0.2) is 0 Å².